The second-order valence-electron chi connectivity index (χ2n) is 6.51. The molecule has 0 amide bonds. The van der Waals surface area contributed by atoms with Crippen molar-refractivity contribution in [1.29, 1.82) is 0 Å². The standard InChI is InChI=1S/C20H33N3O3.HI/c1-3-21-20(22-9-5-11-24-15-18-8-12-25-16-18)23-10-13-26-19-7-4-6-17(2)14-19;/h4,6-7,14,18H,3,5,8-13,15-16H2,1-2H3,(H2,21,22,23);1H. The van der Waals surface area contributed by atoms with Gasteiger partial charge in [-0.15, -0.1) is 24.0 Å². The lowest BCUT2D eigenvalue weighted by Gasteiger charge is -2.12. The molecule has 0 saturated carbocycles. The van der Waals surface area contributed by atoms with Crippen molar-refractivity contribution in [1.82, 2.24) is 10.6 Å². The Labute approximate surface area is 180 Å². The summed E-state index contributed by atoms with van der Waals surface area (Å²) < 4.78 is 16.8. The van der Waals surface area contributed by atoms with E-state index in [0.717, 1.165) is 64.1 Å². The molecule has 1 aromatic rings. The molecule has 2 rings (SSSR count). The Morgan fingerprint density at radius 2 is 2.19 bits per heavy atom. The first-order valence-corrected chi connectivity index (χ1v) is 9.65. The van der Waals surface area contributed by atoms with Gasteiger partial charge >= 0.3 is 0 Å². The second-order valence-corrected chi connectivity index (χ2v) is 6.51. The maximum absolute atomic E-state index is 5.75. The van der Waals surface area contributed by atoms with Gasteiger partial charge in [0, 0.05) is 32.2 Å². The van der Waals surface area contributed by atoms with Crippen molar-refractivity contribution in [3.05, 3.63) is 29.8 Å². The van der Waals surface area contributed by atoms with Crippen LogP contribution in [0.3, 0.4) is 0 Å². The number of ether oxygens (including phenoxy) is 3. The fourth-order valence-corrected chi connectivity index (χ4v) is 2.71. The van der Waals surface area contributed by atoms with Crippen molar-refractivity contribution in [2.45, 2.75) is 26.7 Å². The first-order chi connectivity index (χ1) is 12.8. The van der Waals surface area contributed by atoms with Gasteiger partial charge in [-0.1, -0.05) is 12.1 Å². The molecule has 1 heterocycles. The molecule has 1 aliphatic heterocycles. The van der Waals surface area contributed by atoms with Crippen molar-refractivity contribution in [2.24, 2.45) is 10.9 Å². The highest BCUT2D eigenvalue weighted by atomic mass is 127. The van der Waals surface area contributed by atoms with Gasteiger partial charge in [0.1, 0.15) is 12.4 Å². The Kier molecular flexibility index (Phi) is 13.3. The van der Waals surface area contributed by atoms with Crippen molar-refractivity contribution >= 4 is 29.9 Å². The predicted octanol–water partition coefficient (Wildman–Crippen LogP) is 2.99. The van der Waals surface area contributed by atoms with E-state index < -0.39 is 0 Å². The molecule has 1 saturated heterocycles. The van der Waals surface area contributed by atoms with Crippen LogP contribution >= 0.6 is 24.0 Å². The number of nitrogens with zero attached hydrogens (tertiary/aromatic N) is 1. The Morgan fingerprint density at radius 1 is 1.30 bits per heavy atom. The molecule has 7 heteroatoms. The first-order valence-electron chi connectivity index (χ1n) is 9.65. The Balaban J connectivity index is 0.00000364. The van der Waals surface area contributed by atoms with Crippen LogP contribution in [-0.2, 0) is 9.47 Å². The summed E-state index contributed by atoms with van der Waals surface area (Å²) in [6, 6.07) is 8.08. The van der Waals surface area contributed by atoms with Gasteiger partial charge in [-0.25, -0.2) is 0 Å². The zero-order valence-electron chi connectivity index (χ0n) is 16.5. The second kappa shape index (κ2) is 14.9. The molecule has 154 valence electrons. The molecule has 27 heavy (non-hydrogen) atoms. The van der Waals surface area contributed by atoms with Crippen LogP contribution in [0.1, 0.15) is 25.3 Å². The van der Waals surface area contributed by atoms with Gasteiger partial charge < -0.3 is 24.8 Å². The fourth-order valence-electron chi connectivity index (χ4n) is 2.71. The summed E-state index contributed by atoms with van der Waals surface area (Å²) in [4.78, 5) is 4.58. The van der Waals surface area contributed by atoms with Gasteiger partial charge in [0.25, 0.3) is 0 Å². The lowest BCUT2D eigenvalue weighted by Crippen LogP contribution is -2.39. The number of hydrogen-bond donors (Lipinski definition) is 2. The monoisotopic (exact) mass is 491 g/mol. The van der Waals surface area contributed by atoms with E-state index in [9.17, 15) is 0 Å². The van der Waals surface area contributed by atoms with E-state index in [1.165, 1.54) is 5.56 Å². The fraction of sp³-hybridized carbons (Fsp3) is 0.650. The van der Waals surface area contributed by atoms with E-state index in [2.05, 4.69) is 35.5 Å². The van der Waals surface area contributed by atoms with Gasteiger partial charge in [-0.3, -0.25) is 4.99 Å². The summed E-state index contributed by atoms with van der Waals surface area (Å²) in [5.41, 5.74) is 1.20. The average Bonchev–Trinajstić information content (AvgIpc) is 3.15. The van der Waals surface area contributed by atoms with Crippen molar-refractivity contribution in [3.8, 4) is 5.75 Å². The molecule has 1 aromatic carbocycles. The van der Waals surface area contributed by atoms with Gasteiger partial charge in [-0.05, 0) is 44.4 Å². The third-order valence-electron chi connectivity index (χ3n) is 4.09. The van der Waals surface area contributed by atoms with Crippen LogP contribution in [0.5, 0.6) is 5.75 Å². The summed E-state index contributed by atoms with van der Waals surface area (Å²) in [6.07, 6.45) is 2.04. The van der Waals surface area contributed by atoms with Crippen molar-refractivity contribution in [3.63, 3.8) is 0 Å². The molecule has 6 nitrogen and oxygen atoms in total. The van der Waals surface area contributed by atoms with E-state index in [-0.39, 0.29) is 24.0 Å². The molecule has 0 spiro atoms. The highest BCUT2D eigenvalue weighted by molar-refractivity contribution is 14.0. The van der Waals surface area contributed by atoms with Crippen LogP contribution < -0.4 is 15.4 Å². The number of benzene rings is 1. The highest BCUT2D eigenvalue weighted by Gasteiger charge is 2.15. The topological polar surface area (TPSA) is 64.1 Å². The predicted molar refractivity (Wildman–Crippen MR) is 120 cm³/mol. The number of hydrogen-bond acceptors (Lipinski definition) is 4. The number of aliphatic imine (C=N–C) groups is 1. The van der Waals surface area contributed by atoms with Crippen LogP contribution in [0.2, 0.25) is 0 Å². The normalized spacial score (nSPS) is 16.7. The smallest absolute Gasteiger partial charge is 0.191 e. The molecular weight excluding hydrogens is 457 g/mol. The van der Waals surface area contributed by atoms with E-state index in [0.29, 0.717) is 19.1 Å². The molecule has 2 N–H and O–H groups in total. The molecular formula is C20H34IN3O3. The van der Waals surface area contributed by atoms with E-state index >= 15 is 0 Å². The number of rotatable bonds is 11. The number of guanidine groups is 1. The Hall–Kier alpha value is -1.06. The SMILES string of the molecule is CCNC(=NCCCOCC1CCOC1)NCCOc1cccc(C)c1.I. The average molecular weight is 491 g/mol. The number of nitrogens with one attached hydrogen (secondary N) is 2. The quantitative estimate of drug-likeness (QED) is 0.216. The van der Waals surface area contributed by atoms with Crippen LogP contribution in [0.4, 0.5) is 0 Å². The van der Waals surface area contributed by atoms with E-state index in [1.54, 1.807) is 0 Å². The molecule has 0 aromatic heterocycles. The summed E-state index contributed by atoms with van der Waals surface area (Å²) >= 11 is 0. The summed E-state index contributed by atoms with van der Waals surface area (Å²) in [6.45, 7) is 10.3. The molecule has 0 radical (unpaired) electrons. The minimum Gasteiger partial charge on any atom is -0.492 e. The van der Waals surface area contributed by atoms with Crippen LogP contribution in [0.25, 0.3) is 0 Å². The van der Waals surface area contributed by atoms with E-state index in [4.69, 9.17) is 14.2 Å². The summed E-state index contributed by atoms with van der Waals surface area (Å²) in [7, 11) is 0. The number of aryl methyl sites for hydroxylation is 1. The Bertz CT molecular complexity index is 537. The maximum atomic E-state index is 5.75. The molecule has 1 unspecified atom stereocenters. The van der Waals surface area contributed by atoms with Gasteiger partial charge in [0.05, 0.1) is 19.8 Å². The third kappa shape index (κ3) is 10.8. The summed E-state index contributed by atoms with van der Waals surface area (Å²) in [5.74, 6) is 2.30. The minimum absolute atomic E-state index is 0. The van der Waals surface area contributed by atoms with Crippen molar-refractivity contribution < 1.29 is 14.2 Å². The van der Waals surface area contributed by atoms with Crippen molar-refractivity contribution in [2.75, 3.05) is 52.7 Å². The largest absolute Gasteiger partial charge is 0.492 e. The van der Waals surface area contributed by atoms with Gasteiger partial charge in [0.15, 0.2) is 5.96 Å². The molecule has 1 atom stereocenters. The zero-order chi connectivity index (χ0) is 18.5. The first kappa shape index (κ1) is 24.0. The molecule has 1 fully saturated rings. The minimum atomic E-state index is 0. The molecule has 0 aliphatic carbocycles. The number of halogens is 1. The third-order valence-corrected chi connectivity index (χ3v) is 4.09. The Morgan fingerprint density at radius 3 is 2.93 bits per heavy atom. The van der Waals surface area contributed by atoms with E-state index in [1.807, 2.05) is 18.2 Å². The summed E-state index contributed by atoms with van der Waals surface area (Å²) in [5, 5.41) is 6.55. The van der Waals surface area contributed by atoms with Gasteiger partial charge in [-0.2, -0.15) is 0 Å². The van der Waals surface area contributed by atoms with Crippen LogP contribution in [0.15, 0.2) is 29.3 Å². The molecule has 0 bridgehead atoms. The highest BCUT2D eigenvalue weighted by Crippen LogP contribution is 2.12. The lowest BCUT2D eigenvalue weighted by atomic mass is 10.1. The van der Waals surface area contributed by atoms with Crippen LogP contribution in [0, 0.1) is 12.8 Å². The van der Waals surface area contributed by atoms with Gasteiger partial charge in [0.2, 0.25) is 0 Å². The van der Waals surface area contributed by atoms with Crippen LogP contribution in [-0.4, -0.2) is 58.6 Å². The molecule has 1 aliphatic rings. The zero-order valence-corrected chi connectivity index (χ0v) is 18.9. The lowest BCUT2D eigenvalue weighted by molar-refractivity contribution is 0.0893. The maximum Gasteiger partial charge on any atom is 0.191 e.